The van der Waals surface area contributed by atoms with Gasteiger partial charge < -0.3 is 9.84 Å². The van der Waals surface area contributed by atoms with Crippen molar-refractivity contribution < 1.29 is 27.9 Å². The topological polar surface area (TPSA) is 101 Å². The van der Waals surface area contributed by atoms with Crippen molar-refractivity contribution in [1.29, 1.82) is 0 Å². The predicted molar refractivity (Wildman–Crippen MR) is 101 cm³/mol. The van der Waals surface area contributed by atoms with Crippen molar-refractivity contribution in [1.82, 2.24) is 4.31 Å². The van der Waals surface area contributed by atoms with Crippen LogP contribution in [-0.4, -0.2) is 54.9 Å². The number of rotatable bonds is 6. The second-order valence-electron chi connectivity index (χ2n) is 6.69. The van der Waals surface area contributed by atoms with Gasteiger partial charge in [-0.15, -0.1) is 0 Å². The molecule has 2 atom stereocenters. The zero-order chi connectivity index (χ0) is 20.3. The first-order valence-electron chi connectivity index (χ1n) is 8.80. The van der Waals surface area contributed by atoms with E-state index < -0.39 is 34.7 Å². The van der Waals surface area contributed by atoms with Crippen LogP contribution in [0.3, 0.4) is 0 Å². The first-order chi connectivity index (χ1) is 13.3. The smallest absolute Gasteiger partial charge is 0.325 e. The van der Waals surface area contributed by atoms with Crippen molar-refractivity contribution in [2.75, 3.05) is 13.2 Å². The van der Waals surface area contributed by atoms with Crippen molar-refractivity contribution in [3.8, 4) is 0 Å². The largest absolute Gasteiger partial charge is 0.456 e. The van der Waals surface area contributed by atoms with Gasteiger partial charge in [-0.3, -0.25) is 9.59 Å². The van der Waals surface area contributed by atoms with E-state index in [1.54, 1.807) is 42.5 Å². The van der Waals surface area contributed by atoms with Crippen LogP contribution in [0.5, 0.6) is 0 Å². The van der Waals surface area contributed by atoms with Gasteiger partial charge in [0.25, 0.3) is 0 Å². The summed E-state index contributed by atoms with van der Waals surface area (Å²) in [6, 6.07) is 13.4. The van der Waals surface area contributed by atoms with Crippen LogP contribution in [0.25, 0.3) is 0 Å². The minimum absolute atomic E-state index is 0.0327. The highest BCUT2D eigenvalue weighted by Gasteiger charge is 2.44. The second kappa shape index (κ2) is 8.22. The molecule has 1 heterocycles. The van der Waals surface area contributed by atoms with Crippen LogP contribution >= 0.6 is 0 Å². The Hall–Kier alpha value is -2.55. The Morgan fingerprint density at radius 3 is 2.39 bits per heavy atom. The number of ether oxygens (including phenoxy) is 1. The summed E-state index contributed by atoms with van der Waals surface area (Å²) in [5.41, 5.74) is 1.29. The number of hydrogen-bond donors (Lipinski definition) is 1. The molecule has 0 radical (unpaired) electrons. The molecule has 148 valence electrons. The van der Waals surface area contributed by atoms with E-state index in [1.807, 2.05) is 6.92 Å². The molecule has 0 amide bonds. The van der Waals surface area contributed by atoms with E-state index in [1.165, 1.54) is 12.1 Å². The lowest BCUT2D eigenvalue weighted by molar-refractivity contribution is -0.146. The third-order valence-corrected chi connectivity index (χ3v) is 6.46. The number of β-amino-alcohol motifs (C(OH)–C–C–N with tert-alkyl or cyclic N) is 1. The van der Waals surface area contributed by atoms with E-state index in [0.717, 1.165) is 9.87 Å². The molecule has 0 bridgehead atoms. The Bertz CT molecular complexity index is 956. The molecule has 8 heteroatoms. The predicted octanol–water partition coefficient (Wildman–Crippen LogP) is 1.55. The molecule has 0 aliphatic carbocycles. The maximum absolute atomic E-state index is 12.9. The van der Waals surface area contributed by atoms with Crippen LogP contribution in [-0.2, 0) is 19.6 Å². The number of benzene rings is 2. The molecule has 28 heavy (non-hydrogen) atoms. The lowest BCUT2D eigenvalue weighted by Crippen LogP contribution is -2.41. The number of hydrogen-bond acceptors (Lipinski definition) is 6. The normalized spacial score (nSPS) is 20.1. The van der Waals surface area contributed by atoms with Crippen LogP contribution in [0.4, 0.5) is 0 Å². The highest BCUT2D eigenvalue weighted by atomic mass is 32.2. The van der Waals surface area contributed by atoms with Gasteiger partial charge in [-0.1, -0.05) is 48.0 Å². The van der Waals surface area contributed by atoms with E-state index in [9.17, 15) is 23.1 Å². The van der Waals surface area contributed by atoms with E-state index in [0.29, 0.717) is 5.56 Å². The van der Waals surface area contributed by atoms with Crippen LogP contribution in [0.15, 0.2) is 59.5 Å². The lowest BCUT2D eigenvalue weighted by Gasteiger charge is -2.22. The summed E-state index contributed by atoms with van der Waals surface area (Å²) >= 11 is 0. The summed E-state index contributed by atoms with van der Waals surface area (Å²) in [5.74, 6) is -1.24. The minimum Gasteiger partial charge on any atom is -0.456 e. The standard InChI is InChI=1S/C20H21NO6S/c1-14-7-9-17(10-8-14)28(25,26)21-12-16(22)11-18(21)20(24)27-13-19(23)15-5-3-2-4-6-15/h2-10,16,18,22H,11-13H2,1H3/t16-,18+/m1/s1. The molecule has 7 nitrogen and oxygen atoms in total. The quantitative estimate of drug-likeness (QED) is 0.580. The number of aliphatic hydroxyl groups is 1. The Labute approximate surface area is 163 Å². The fraction of sp³-hybridized carbons (Fsp3) is 0.300. The first-order valence-corrected chi connectivity index (χ1v) is 10.2. The Morgan fingerprint density at radius 1 is 1.11 bits per heavy atom. The van der Waals surface area contributed by atoms with E-state index in [4.69, 9.17) is 4.74 Å². The number of nitrogens with zero attached hydrogens (tertiary/aromatic N) is 1. The number of sulfonamides is 1. The van der Waals surface area contributed by atoms with E-state index >= 15 is 0 Å². The number of aliphatic hydroxyl groups excluding tert-OH is 1. The van der Waals surface area contributed by atoms with Gasteiger partial charge in [0.2, 0.25) is 10.0 Å². The zero-order valence-corrected chi connectivity index (χ0v) is 16.1. The van der Waals surface area contributed by atoms with Crippen molar-refractivity contribution in [2.24, 2.45) is 0 Å². The van der Waals surface area contributed by atoms with Gasteiger partial charge in [0, 0.05) is 18.5 Å². The Kier molecular flexibility index (Phi) is 5.93. The van der Waals surface area contributed by atoms with Gasteiger partial charge in [-0.2, -0.15) is 4.31 Å². The molecule has 1 saturated heterocycles. The van der Waals surface area contributed by atoms with Crippen LogP contribution in [0.2, 0.25) is 0 Å². The number of esters is 1. The lowest BCUT2D eigenvalue weighted by atomic mass is 10.1. The average molecular weight is 403 g/mol. The van der Waals surface area contributed by atoms with Crippen LogP contribution in [0.1, 0.15) is 22.3 Å². The third-order valence-electron chi connectivity index (χ3n) is 4.57. The molecule has 1 N–H and O–H groups in total. The molecule has 0 spiro atoms. The minimum atomic E-state index is -3.99. The summed E-state index contributed by atoms with van der Waals surface area (Å²) in [7, 11) is -3.99. The summed E-state index contributed by atoms with van der Waals surface area (Å²) < 4.78 is 31.8. The highest BCUT2D eigenvalue weighted by Crippen LogP contribution is 2.27. The van der Waals surface area contributed by atoms with Gasteiger partial charge in [0.1, 0.15) is 6.04 Å². The highest BCUT2D eigenvalue weighted by molar-refractivity contribution is 7.89. The third kappa shape index (κ3) is 4.30. The summed E-state index contributed by atoms with van der Waals surface area (Å²) in [6.07, 6.45) is -1.06. The Morgan fingerprint density at radius 2 is 1.75 bits per heavy atom. The molecule has 0 saturated carbocycles. The zero-order valence-electron chi connectivity index (χ0n) is 15.3. The molecule has 1 fully saturated rings. The van der Waals surface area contributed by atoms with Gasteiger partial charge >= 0.3 is 5.97 Å². The number of carbonyl (C=O) groups excluding carboxylic acids is 2. The SMILES string of the molecule is Cc1ccc(S(=O)(=O)N2C[C@H](O)C[C@H]2C(=O)OCC(=O)c2ccccc2)cc1. The monoisotopic (exact) mass is 403 g/mol. The molecular weight excluding hydrogens is 382 g/mol. The van der Waals surface area contributed by atoms with Gasteiger partial charge in [-0.25, -0.2) is 8.42 Å². The van der Waals surface area contributed by atoms with Gasteiger partial charge in [0.05, 0.1) is 11.0 Å². The molecular formula is C20H21NO6S. The number of ketones is 1. The van der Waals surface area contributed by atoms with Crippen LogP contribution in [0, 0.1) is 6.92 Å². The maximum Gasteiger partial charge on any atom is 0.325 e. The molecule has 0 unspecified atom stereocenters. The van der Waals surface area contributed by atoms with Crippen molar-refractivity contribution in [2.45, 2.75) is 30.4 Å². The molecule has 1 aliphatic heterocycles. The van der Waals surface area contributed by atoms with Crippen LogP contribution < -0.4 is 0 Å². The van der Waals surface area contributed by atoms with Gasteiger partial charge in [0.15, 0.2) is 12.4 Å². The van der Waals surface area contributed by atoms with Crippen molar-refractivity contribution >= 4 is 21.8 Å². The van der Waals surface area contributed by atoms with Crippen molar-refractivity contribution in [3.05, 3.63) is 65.7 Å². The fourth-order valence-corrected chi connectivity index (χ4v) is 4.68. The van der Waals surface area contributed by atoms with E-state index in [2.05, 4.69) is 0 Å². The average Bonchev–Trinajstić information content (AvgIpc) is 3.09. The first kappa shape index (κ1) is 20.2. The Balaban J connectivity index is 1.73. The summed E-state index contributed by atoms with van der Waals surface area (Å²) in [6.45, 7) is 1.14. The molecule has 1 aliphatic rings. The second-order valence-corrected chi connectivity index (χ2v) is 8.58. The summed E-state index contributed by atoms with van der Waals surface area (Å²) in [4.78, 5) is 24.6. The number of Topliss-reactive ketones (excluding diaryl/α,β-unsaturated/α-hetero) is 1. The van der Waals surface area contributed by atoms with E-state index in [-0.39, 0.29) is 23.6 Å². The van der Waals surface area contributed by atoms with Crippen molar-refractivity contribution in [3.63, 3.8) is 0 Å². The molecule has 2 aromatic carbocycles. The summed E-state index contributed by atoms with van der Waals surface area (Å²) in [5, 5.41) is 9.95. The molecule has 0 aromatic heterocycles. The molecule has 3 rings (SSSR count). The van der Waals surface area contributed by atoms with Gasteiger partial charge in [-0.05, 0) is 19.1 Å². The maximum atomic E-state index is 12.9. The number of carbonyl (C=O) groups is 2. The number of aryl methyl sites for hydroxylation is 1. The molecule has 2 aromatic rings. The fourth-order valence-electron chi connectivity index (χ4n) is 3.05.